The number of anilines is 2. The summed E-state index contributed by atoms with van der Waals surface area (Å²) in [7, 11) is -4.17. The Labute approximate surface area is 138 Å². The fourth-order valence-electron chi connectivity index (χ4n) is 2.20. The lowest BCUT2D eigenvalue weighted by Crippen LogP contribution is -2.17. The fourth-order valence-corrected chi connectivity index (χ4v) is 3.21. The van der Waals surface area contributed by atoms with Crippen molar-refractivity contribution in [2.75, 3.05) is 10.0 Å². The Kier molecular flexibility index (Phi) is 4.18. The summed E-state index contributed by atoms with van der Waals surface area (Å²) in [6.45, 7) is 1.27. The van der Waals surface area contributed by atoms with Crippen LogP contribution in [0.5, 0.6) is 0 Å². The average molecular weight is 350 g/mol. The molecular formula is C15H15FN4O3S. The number of hydrogen-bond donors (Lipinski definition) is 2. The summed E-state index contributed by atoms with van der Waals surface area (Å²) in [5.74, 6) is -1.12. The number of hydrogen-bond acceptors (Lipinski definition) is 5. The van der Waals surface area contributed by atoms with E-state index in [0.29, 0.717) is 5.92 Å². The van der Waals surface area contributed by atoms with Crippen LogP contribution >= 0.6 is 0 Å². The second-order valence-corrected chi connectivity index (χ2v) is 7.16. The highest BCUT2D eigenvalue weighted by atomic mass is 32.2. The molecule has 0 radical (unpaired) electrons. The van der Waals surface area contributed by atoms with Crippen molar-refractivity contribution in [3.8, 4) is 0 Å². The minimum absolute atomic E-state index is 0.0928. The Hall–Kier alpha value is -2.55. The van der Waals surface area contributed by atoms with E-state index in [-0.39, 0.29) is 17.5 Å². The van der Waals surface area contributed by atoms with Gasteiger partial charge in [0.15, 0.2) is 0 Å². The van der Waals surface area contributed by atoms with Gasteiger partial charge in [-0.25, -0.2) is 27.5 Å². The fraction of sp³-hybridized carbons (Fsp3) is 0.267. The number of amides is 1. The number of carbonyl (C=O) groups excluding carboxylic acids is 1. The summed E-state index contributed by atoms with van der Waals surface area (Å²) in [5.41, 5.74) is 0.940. The quantitative estimate of drug-likeness (QED) is 0.861. The maximum absolute atomic E-state index is 14.1. The van der Waals surface area contributed by atoms with E-state index in [1.165, 1.54) is 19.2 Å². The molecule has 2 aromatic rings. The molecule has 1 fully saturated rings. The van der Waals surface area contributed by atoms with Crippen LogP contribution in [0.2, 0.25) is 0 Å². The number of aromatic nitrogens is 2. The third kappa shape index (κ3) is 3.67. The largest absolute Gasteiger partial charge is 0.326 e. The predicted molar refractivity (Wildman–Crippen MR) is 85.5 cm³/mol. The van der Waals surface area contributed by atoms with Crippen LogP contribution in [0.4, 0.5) is 16.0 Å². The van der Waals surface area contributed by atoms with Crippen LogP contribution in [-0.4, -0.2) is 24.3 Å². The summed E-state index contributed by atoms with van der Waals surface area (Å²) < 4.78 is 41.0. The predicted octanol–water partition coefficient (Wildman–Crippen LogP) is 2.25. The van der Waals surface area contributed by atoms with Crippen molar-refractivity contribution in [3.63, 3.8) is 0 Å². The molecule has 7 nitrogen and oxygen atoms in total. The van der Waals surface area contributed by atoms with Crippen molar-refractivity contribution < 1.29 is 17.6 Å². The second kappa shape index (κ2) is 6.16. The van der Waals surface area contributed by atoms with E-state index in [2.05, 4.69) is 20.0 Å². The van der Waals surface area contributed by atoms with E-state index in [1.807, 2.05) is 0 Å². The van der Waals surface area contributed by atoms with Crippen LogP contribution in [-0.2, 0) is 14.8 Å². The van der Waals surface area contributed by atoms with E-state index in [1.54, 1.807) is 6.07 Å². The van der Waals surface area contributed by atoms with Gasteiger partial charge in [0.2, 0.25) is 11.9 Å². The second-order valence-electron chi connectivity index (χ2n) is 5.51. The van der Waals surface area contributed by atoms with Gasteiger partial charge in [0.1, 0.15) is 10.7 Å². The Morgan fingerprint density at radius 2 is 2.04 bits per heavy atom. The van der Waals surface area contributed by atoms with Crippen molar-refractivity contribution in [2.24, 2.45) is 0 Å². The normalized spacial score (nSPS) is 14.2. The Morgan fingerprint density at radius 3 is 2.67 bits per heavy atom. The standard InChI is InChI=1S/C15H15FN4O3S/c1-9(21)18-11-4-5-14(12(16)8-11)24(22,23)20-15-17-7-6-13(19-15)10-2-3-10/h4-8,10H,2-3H2,1H3,(H,18,21)(H,17,19,20). The van der Waals surface area contributed by atoms with Crippen LogP contribution in [0.15, 0.2) is 35.4 Å². The highest BCUT2D eigenvalue weighted by Crippen LogP contribution is 2.39. The number of nitrogens with zero attached hydrogens (tertiary/aromatic N) is 2. The molecule has 2 N–H and O–H groups in total. The SMILES string of the molecule is CC(=O)Nc1ccc(S(=O)(=O)Nc2nccc(C3CC3)n2)c(F)c1. The van der Waals surface area contributed by atoms with Crippen LogP contribution in [0.3, 0.4) is 0 Å². The smallest absolute Gasteiger partial charge is 0.267 e. The maximum atomic E-state index is 14.1. The van der Waals surface area contributed by atoms with E-state index in [4.69, 9.17) is 0 Å². The number of carbonyl (C=O) groups is 1. The number of rotatable bonds is 5. The van der Waals surface area contributed by atoms with Crippen LogP contribution in [0, 0.1) is 5.82 Å². The summed E-state index contributed by atoms with van der Waals surface area (Å²) in [6.07, 6.45) is 3.50. The van der Waals surface area contributed by atoms with Crippen LogP contribution in [0.1, 0.15) is 31.4 Å². The van der Waals surface area contributed by atoms with Gasteiger partial charge in [-0.2, -0.15) is 0 Å². The lowest BCUT2D eigenvalue weighted by Gasteiger charge is -2.09. The average Bonchev–Trinajstić information content (AvgIpc) is 3.30. The number of sulfonamides is 1. The molecule has 1 aromatic heterocycles. The number of nitrogens with one attached hydrogen (secondary N) is 2. The maximum Gasteiger partial charge on any atom is 0.267 e. The van der Waals surface area contributed by atoms with Crippen molar-refractivity contribution in [1.82, 2.24) is 9.97 Å². The molecule has 24 heavy (non-hydrogen) atoms. The van der Waals surface area contributed by atoms with Gasteiger partial charge < -0.3 is 5.32 Å². The van der Waals surface area contributed by atoms with E-state index in [9.17, 15) is 17.6 Å². The molecule has 0 atom stereocenters. The molecule has 1 aliphatic rings. The molecule has 0 unspecified atom stereocenters. The van der Waals surface area contributed by atoms with Crippen molar-refractivity contribution in [1.29, 1.82) is 0 Å². The van der Waals surface area contributed by atoms with Gasteiger partial charge in [-0.3, -0.25) is 4.79 Å². The molecule has 0 aliphatic heterocycles. The van der Waals surface area contributed by atoms with Crippen molar-refractivity contribution >= 4 is 27.6 Å². The molecule has 9 heteroatoms. The zero-order valence-electron chi connectivity index (χ0n) is 12.8. The molecule has 1 aliphatic carbocycles. The first-order valence-electron chi connectivity index (χ1n) is 7.28. The molecule has 3 rings (SSSR count). The molecule has 0 saturated heterocycles. The third-order valence-corrected chi connectivity index (χ3v) is 4.80. The van der Waals surface area contributed by atoms with Crippen molar-refractivity contribution in [3.05, 3.63) is 42.0 Å². The van der Waals surface area contributed by atoms with E-state index in [0.717, 1.165) is 30.7 Å². The number of benzene rings is 1. The zero-order chi connectivity index (χ0) is 17.3. The Morgan fingerprint density at radius 1 is 1.29 bits per heavy atom. The van der Waals surface area contributed by atoms with Crippen molar-refractivity contribution in [2.45, 2.75) is 30.6 Å². The van der Waals surface area contributed by atoms with Gasteiger partial charge in [-0.1, -0.05) is 0 Å². The lowest BCUT2D eigenvalue weighted by molar-refractivity contribution is -0.114. The highest BCUT2D eigenvalue weighted by Gasteiger charge is 2.26. The summed E-state index contributed by atoms with van der Waals surface area (Å²) in [6, 6.07) is 5.06. The van der Waals surface area contributed by atoms with Gasteiger partial charge in [-0.15, -0.1) is 0 Å². The molecular weight excluding hydrogens is 335 g/mol. The summed E-state index contributed by atoms with van der Waals surface area (Å²) in [4.78, 5) is 18.4. The molecule has 126 valence electrons. The monoisotopic (exact) mass is 350 g/mol. The molecule has 0 bridgehead atoms. The minimum Gasteiger partial charge on any atom is -0.326 e. The van der Waals surface area contributed by atoms with Gasteiger partial charge in [0.05, 0.1) is 0 Å². The highest BCUT2D eigenvalue weighted by molar-refractivity contribution is 7.92. The summed E-state index contributed by atoms with van der Waals surface area (Å²) >= 11 is 0. The van der Waals surface area contributed by atoms with Gasteiger partial charge >= 0.3 is 0 Å². The molecule has 1 heterocycles. The number of halogens is 1. The minimum atomic E-state index is -4.17. The van der Waals surface area contributed by atoms with Crippen LogP contribution < -0.4 is 10.0 Å². The molecule has 1 aromatic carbocycles. The Balaban J connectivity index is 1.85. The first-order chi connectivity index (χ1) is 11.3. The first kappa shape index (κ1) is 16.3. The van der Waals surface area contributed by atoms with E-state index < -0.39 is 20.7 Å². The molecule has 0 spiro atoms. The van der Waals surface area contributed by atoms with Gasteiger partial charge in [0.25, 0.3) is 10.0 Å². The molecule has 1 amide bonds. The zero-order valence-corrected chi connectivity index (χ0v) is 13.6. The third-order valence-electron chi connectivity index (χ3n) is 3.44. The van der Waals surface area contributed by atoms with Gasteiger partial charge in [0, 0.05) is 30.4 Å². The van der Waals surface area contributed by atoms with Gasteiger partial charge in [-0.05, 0) is 37.1 Å². The lowest BCUT2D eigenvalue weighted by atomic mass is 10.3. The Bertz CT molecular complexity index is 897. The van der Waals surface area contributed by atoms with Crippen LogP contribution in [0.25, 0.3) is 0 Å². The van der Waals surface area contributed by atoms with E-state index >= 15 is 0 Å². The first-order valence-corrected chi connectivity index (χ1v) is 8.76. The topological polar surface area (TPSA) is 101 Å². The summed E-state index contributed by atoms with van der Waals surface area (Å²) in [5, 5.41) is 2.38. The molecule has 1 saturated carbocycles.